The fourth-order valence-electron chi connectivity index (χ4n) is 4.73. The molecule has 3 heterocycles. The van der Waals surface area contributed by atoms with Gasteiger partial charge in [-0.2, -0.15) is 13.2 Å². The molecule has 11 heteroatoms. The van der Waals surface area contributed by atoms with Crippen molar-refractivity contribution < 1.29 is 27.1 Å². The zero-order valence-corrected chi connectivity index (χ0v) is 20.6. The van der Waals surface area contributed by atoms with Crippen LogP contribution in [0, 0.1) is 6.92 Å². The van der Waals surface area contributed by atoms with E-state index in [9.17, 15) is 18.0 Å². The molecule has 37 heavy (non-hydrogen) atoms. The van der Waals surface area contributed by atoms with Crippen molar-refractivity contribution in [1.29, 1.82) is 0 Å². The Morgan fingerprint density at radius 3 is 2.65 bits per heavy atom. The number of anilines is 1. The number of oxazole rings is 1. The van der Waals surface area contributed by atoms with E-state index in [1.165, 1.54) is 12.4 Å². The van der Waals surface area contributed by atoms with Crippen LogP contribution in [0.3, 0.4) is 0 Å². The van der Waals surface area contributed by atoms with Crippen molar-refractivity contribution in [2.75, 3.05) is 31.6 Å². The number of aryl methyl sites for hydroxylation is 1. The lowest BCUT2D eigenvalue weighted by Crippen LogP contribution is -2.54. The molecule has 0 N–H and O–H groups in total. The normalized spacial score (nSPS) is 16.4. The summed E-state index contributed by atoms with van der Waals surface area (Å²) >= 11 is 0. The highest BCUT2D eigenvalue weighted by Crippen LogP contribution is 2.35. The lowest BCUT2D eigenvalue weighted by atomic mass is 10.1. The van der Waals surface area contributed by atoms with Crippen molar-refractivity contribution in [3.05, 3.63) is 60.4 Å². The van der Waals surface area contributed by atoms with E-state index in [2.05, 4.69) is 14.9 Å². The molecule has 0 bridgehead atoms. The van der Waals surface area contributed by atoms with Gasteiger partial charge < -0.3 is 23.5 Å². The standard InChI is InChI=1S/C26H26F3N5O3/c1-16-13-32(25(35)14-33-15-31-21-10-18(26(27,28)29)4-7-22(21)33)8-9-34(16)19-5-6-20(23(11-19)36-3)24-12-30-17(2)37-24/h4-7,10-12,15-16H,8-9,13-14H2,1-3H3/t16-/m0/s1. The predicted octanol–water partition coefficient (Wildman–Crippen LogP) is 4.76. The first-order valence-electron chi connectivity index (χ1n) is 11.8. The van der Waals surface area contributed by atoms with Gasteiger partial charge in [-0.1, -0.05) is 0 Å². The van der Waals surface area contributed by atoms with Crippen LogP contribution < -0.4 is 9.64 Å². The molecule has 2 aromatic heterocycles. The summed E-state index contributed by atoms with van der Waals surface area (Å²) in [5.41, 5.74) is 1.71. The highest BCUT2D eigenvalue weighted by Gasteiger charge is 2.31. The number of carbonyl (C=O) groups excluding carboxylic acids is 1. The van der Waals surface area contributed by atoms with Crippen LogP contribution in [0.4, 0.5) is 18.9 Å². The Hall–Kier alpha value is -4.02. The molecule has 1 saturated heterocycles. The van der Waals surface area contributed by atoms with Gasteiger partial charge in [0.1, 0.15) is 12.3 Å². The van der Waals surface area contributed by atoms with E-state index in [4.69, 9.17) is 9.15 Å². The van der Waals surface area contributed by atoms with Gasteiger partial charge in [0.15, 0.2) is 11.7 Å². The molecule has 2 aromatic carbocycles. The Morgan fingerprint density at radius 2 is 1.97 bits per heavy atom. The molecule has 0 unspecified atom stereocenters. The number of carbonyl (C=O) groups is 1. The van der Waals surface area contributed by atoms with Crippen molar-refractivity contribution in [3.8, 4) is 17.1 Å². The number of imidazole rings is 1. The summed E-state index contributed by atoms with van der Waals surface area (Å²) in [7, 11) is 1.61. The fraction of sp³-hybridized carbons (Fsp3) is 0.346. The number of benzene rings is 2. The minimum Gasteiger partial charge on any atom is -0.496 e. The lowest BCUT2D eigenvalue weighted by molar-refractivity contribution is -0.137. The zero-order chi connectivity index (χ0) is 26.3. The average molecular weight is 514 g/mol. The maximum Gasteiger partial charge on any atom is 0.416 e. The quantitative estimate of drug-likeness (QED) is 0.383. The van der Waals surface area contributed by atoms with Gasteiger partial charge in [-0.05, 0) is 37.3 Å². The van der Waals surface area contributed by atoms with Crippen LogP contribution in [0.1, 0.15) is 18.4 Å². The maximum absolute atomic E-state index is 13.1. The number of piperazine rings is 1. The molecule has 1 aliphatic rings. The third-order valence-electron chi connectivity index (χ3n) is 6.64. The second kappa shape index (κ2) is 9.45. The van der Waals surface area contributed by atoms with Crippen LogP contribution in [0.5, 0.6) is 5.75 Å². The molecule has 194 valence electrons. The third-order valence-corrected chi connectivity index (χ3v) is 6.64. The summed E-state index contributed by atoms with van der Waals surface area (Å²) < 4.78 is 51.8. The van der Waals surface area contributed by atoms with Crippen LogP contribution in [0.2, 0.25) is 0 Å². The van der Waals surface area contributed by atoms with E-state index in [0.717, 1.165) is 23.4 Å². The Morgan fingerprint density at radius 1 is 1.16 bits per heavy atom. The zero-order valence-electron chi connectivity index (χ0n) is 20.6. The molecule has 1 atom stereocenters. The van der Waals surface area contributed by atoms with Crippen molar-refractivity contribution in [1.82, 2.24) is 19.4 Å². The Labute approximate surface area is 211 Å². The monoisotopic (exact) mass is 513 g/mol. The molecule has 0 saturated carbocycles. The number of aromatic nitrogens is 3. The molecule has 8 nitrogen and oxygen atoms in total. The number of nitrogens with zero attached hydrogens (tertiary/aromatic N) is 5. The summed E-state index contributed by atoms with van der Waals surface area (Å²) in [4.78, 5) is 25.3. The van der Waals surface area contributed by atoms with Crippen molar-refractivity contribution in [2.45, 2.75) is 32.6 Å². The number of hydrogen-bond acceptors (Lipinski definition) is 6. The van der Waals surface area contributed by atoms with E-state index in [-0.39, 0.29) is 24.0 Å². The van der Waals surface area contributed by atoms with E-state index < -0.39 is 11.7 Å². The second-order valence-corrected chi connectivity index (χ2v) is 9.08. The Bertz CT molecular complexity index is 1450. The van der Waals surface area contributed by atoms with E-state index >= 15 is 0 Å². The molecule has 5 rings (SSSR count). The molecule has 1 amide bonds. The van der Waals surface area contributed by atoms with Crippen LogP contribution in [-0.4, -0.2) is 58.1 Å². The van der Waals surface area contributed by atoms with Crippen molar-refractivity contribution in [2.24, 2.45) is 0 Å². The smallest absolute Gasteiger partial charge is 0.416 e. The molecular formula is C26H26F3N5O3. The van der Waals surface area contributed by atoms with Gasteiger partial charge in [-0.3, -0.25) is 4.79 Å². The first-order valence-corrected chi connectivity index (χ1v) is 11.8. The number of rotatable bonds is 5. The van der Waals surface area contributed by atoms with Gasteiger partial charge in [-0.15, -0.1) is 0 Å². The molecule has 0 aliphatic carbocycles. The molecule has 0 spiro atoms. The number of ether oxygens (including phenoxy) is 1. The highest BCUT2D eigenvalue weighted by molar-refractivity contribution is 5.81. The van der Waals surface area contributed by atoms with Crippen LogP contribution >= 0.6 is 0 Å². The predicted molar refractivity (Wildman–Crippen MR) is 131 cm³/mol. The van der Waals surface area contributed by atoms with Gasteiger partial charge >= 0.3 is 6.18 Å². The first-order chi connectivity index (χ1) is 17.6. The number of methoxy groups -OCH3 is 1. The SMILES string of the molecule is COc1cc(N2CCN(C(=O)Cn3cnc4cc(C(F)(F)F)ccc43)C[C@@H]2C)ccc1-c1cnc(C)o1. The topological polar surface area (TPSA) is 76.6 Å². The molecule has 0 radical (unpaired) electrons. The lowest BCUT2D eigenvalue weighted by Gasteiger charge is -2.41. The highest BCUT2D eigenvalue weighted by atomic mass is 19.4. The van der Waals surface area contributed by atoms with Gasteiger partial charge in [0.25, 0.3) is 0 Å². The van der Waals surface area contributed by atoms with Gasteiger partial charge in [0.2, 0.25) is 5.91 Å². The van der Waals surface area contributed by atoms with E-state index in [1.54, 1.807) is 29.7 Å². The largest absolute Gasteiger partial charge is 0.496 e. The molecule has 1 aliphatic heterocycles. The Balaban J connectivity index is 1.27. The van der Waals surface area contributed by atoms with E-state index in [1.807, 2.05) is 25.1 Å². The average Bonchev–Trinajstić information content (AvgIpc) is 3.48. The fourth-order valence-corrected chi connectivity index (χ4v) is 4.73. The van der Waals surface area contributed by atoms with Crippen LogP contribution in [0.15, 0.2) is 53.3 Å². The van der Waals surface area contributed by atoms with Gasteiger partial charge in [0, 0.05) is 44.4 Å². The number of amides is 1. The summed E-state index contributed by atoms with van der Waals surface area (Å²) in [6, 6.07) is 9.29. The number of fused-ring (bicyclic) bond motifs is 1. The minimum absolute atomic E-state index is 0.00764. The van der Waals surface area contributed by atoms with Crippen molar-refractivity contribution >= 4 is 22.6 Å². The van der Waals surface area contributed by atoms with Crippen LogP contribution in [-0.2, 0) is 17.5 Å². The maximum atomic E-state index is 13.1. The number of halogens is 3. The summed E-state index contributed by atoms with van der Waals surface area (Å²) in [6.45, 7) is 5.48. The molecule has 1 fully saturated rings. The van der Waals surface area contributed by atoms with Crippen molar-refractivity contribution in [3.63, 3.8) is 0 Å². The summed E-state index contributed by atoms with van der Waals surface area (Å²) in [5, 5.41) is 0. The first kappa shape index (κ1) is 24.7. The van der Waals surface area contributed by atoms with Crippen LogP contribution in [0.25, 0.3) is 22.4 Å². The molecular weight excluding hydrogens is 487 g/mol. The Kier molecular flexibility index (Phi) is 6.30. The molecule has 4 aromatic rings. The van der Waals surface area contributed by atoms with E-state index in [0.29, 0.717) is 42.6 Å². The third kappa shape index (κ3) is 4.85. The van der Waals surface area contributed by atoms with Gasteiger partial charge in [-0.25, -0.2) is 9.97 Å². The van der Waals surface area contributed by atoms with Gasteiger partial charge in [0.05, 0.1) is 41.8 Å². The summed E-state index contributed by atoms with van der Waals surface area (Å²) in [6.07, 6.45) is -1.37. The number of hydrogen-bond donors (Lipinski definition) is 0. The second-order valence-electron chi connectivity index (χ2n) is 9.08. The summed E-state index contributed by atoms with van der Waals surface area (Å²) in [5.74, 6) is 1.76. The number of alkyl halides is 3. The minimum atomic E-state index is -4.44.